The van der Waals surface area contributed by atoms with Crippen LogP contribution in [0.25, 0.3) is 0 Å². The number of carbonyl (C=O) groups is 1. The van der Waals surface area contributed by atoms with Crippen molar-refractivity contribution in [3.05, 3.63) is 11.1 Å². The third-order valence-corrected chi connectivity index (χ3v) is 10.1. The predicted molar refractivity (Wildman–Crippen MR) is 121 cm³/mol. The van der Waals surface area contributed by atoms with Gasteiger partial charge in [-0.25, -0.2) is 0 Å². The average Bonchev–Trinajstić information content (AvgIpc) is 2.93. The van der Waals surface area contributed by atoms with Gasteiger partial charge in [0.25, 0.3) is 0 Å². The standard InChI is InChI=1S/C27H44O3/c1-17(2)7-6-8-18(3)22-15-23(29)24-20-10-14-27(30)13-9-19(28)16-26(27,5)21(20)11-12-25(22,24)4/h17-19,21-22,28,30H,6-16H2,1-5H3/t18-,19?,21+,22-,25-,26-,27+/m1/s1. The van der Waals surface area contributed by atoms with Crippen molar-refractivity contribution in [1.29, 1.82) is 0 Å². The van der Waals surface area contributed by atoms with Gasteiger partial charge in [0, 0.05) is 17.4 Å². The fourth-order valence-corrected chi connectivity index (χ4v) is 8.25. The summed E-state index contributed by atoms with van der Waals surface area (Å²) in [6.45, 7) is 11.5. The fourth-order valence-electron chi connectivity index (χ4n) is 8.25. The number of Topliss-reactive ketones (excluding diaryl/α,β-unsaturated/α-hetero) is 1. The lowest BCUT2D eigenvalue weighted by Crippen LogP contribution is -2.59. The van der Waals surface area contributed by atoms with E-state index >= 15 is 0 Å². The van der Waals surface area contributed by atoms with Gasteiger partial charge in [0.1, 0.15) is 0 Å². The first-order valence-corrected chi connectivity index (χ1v) is 12.7. The largest absolute Gasteiger partial charge is 0.393 e. The van der Waals surface area contributed by atoms with E-state index in [9.17, 15) is 15.0 Å². The zero-order valence-electron chi connectivity index (χ0n) is 20.0. The fraction of sp³-hybridized carbons (Fsp3) is 0.889. The Labute approximate surface area is 183 Å². The Bertz CT molecular complexity index is 724. The SMILES string of the molecule is CC(C)CCC[C@@H](C)[C@H]1CC(=O)C2=C3CC[C@@]4(O)CCC(O)C[C@]4(C)[C@H]3CC[C@@]21C. The highest BCUT2D eigenvalue weighted by Gasteiger charge is 2.62. The molecule has 0 heterocycles. The van der Waals surface area contributed by atoms with Crippen molar-refractivity contribution >= 4 is 5.78 Å². The van der Waals surface area contributed by atoms with Crippen molar-refractivity contribution in [1.82, 2.24) is 0 Å². The third-order valence-electron chi connectivity index (χ3n) is 10.1. The summed E-state index contributed by atoms with van der Waals surface area (Å²) in [5, 5.41) is 22.0. The van der Waals surface area contributed by atoms with Crippen molar-refractivity contribution in [3.8, 4) is 0 Å². The molecule has 170 valence electrons. The molecule has 0 aromatic heterocycles. The number of aliphatic hydroxyl groups is 2. The number of carbonyl (C=O) groups excluding carboxylic acids is 1. The number of rotatable bonds is 5. The number of fused-ring (bicyclic) bond motifs is 4. The molecule has 30 heavy (non-hydrogen) atoms. The molecule has 7 atom stereocenters. The summed E-state index contributed by atoms with van der Waals surface area (Å²) in [5.41, 5.74) is 1.56. The van der Waals surface area contributed by atoms with Gasteiger partial charge in [-0.3, -0.25) is 4.79 Å². The van der Waals surface area contributed by atoms with Gasteiger partial charge in [0.05, 0.1) is 11.7 Å². The molecule has 4 aliphatic rings. The topological polar surface area (TPSA) is 57.5 Å². The van der Waals surface area contributed by atoms with Gasteiger partial charge in [-0.15, -0.1) is 0 Å². The van der Waals surface area contributed by atoms with Gasteiger partial charge in [-0.1, -0.05) is 59.5 Å². The van der Waals surface area contributed by atoms with Crippen LogP contribution in [0.15, 0.2) is 11.1 Å². The third kappa shape index (κ3) is 3.34. The van der Waals surface area contributed by atoms with Crippen LogP contribution in [-0.4, -0.2) is 27.7 Å². The molecule has 0 aliphatic heterocycles. The van der Waals surface area contributed by atoms with Crippen molar-refractivity contribution in [2.24, 2.45) is 34.5 Å². The summed E-state index contributed by atoms with van der Waals surface area (Å²) < 4.78 is 0. The molecule has 0 saturated heterocycles. The summed E-state index contributed by atoms with van der Waals surface area (Å²) in [6.07, 6.45) is 9.98. The summed E-state index contributed by atoms with van der Waals surface area (Å²) in [6, 6.07) is 0. The molecular formula is C27H44O3. The lowest BCUT2D eigenvalue weighted by atomic mass is 9.47. The van der Waals surface area contributed by atoms with E-state index < -0.39 is 5.60 Å². The van der Waals surface area contributed by atoms with Crippen LogP contribution < -0.4 is 0 Å². The van der Waals surface area contributed by atoms with Crippen molar-refractivity contribution < 1.29 is 15.0 Å². The first-order valence-electron chi connectivity index (χ1n) is 12.7. The number of hydrogen-bond acceptors (Lipinski definition) is 3. The maximum absolute atomic E-state index is 13.4. The molecule has 3 nitrogen and oxygen atoms in total. The average molecular weight is 417 g/mol. The number of ketones is 1. The molecule has 0 spiro atoms. The minimum absolute atomic E-state index is 0.0132. The second-order valence-electron chi connectivity index (χ2n) is 12.3. The lowest BCUT2D eigenvalue weighted by molar-refractivity contribution is -0.173. The molecule has 3 fully saturated rings. The second kappa shape index (κ2) is 7.73. The highest BCUT2D eigenvalue weighted by Crippen LogP contribution is 2.66. The minimum Gasteiger partial charge on any atom is -0.393 e. The normalized spacial score (nSPS) is 44.7. The molecule has 0 aromatic carbocycles. The summed E-state index contributed by atoms with van der Waals surface area (Å²) >= 11 is 0. The molecule has 0 bridgehead atoms. The summed E-state index contributed by atoms with van der Waals surface area (Å²) in [5.74, 6) is 2.45. The van der Waals surface area contributed by atoms with Crippen molar-refractivity contribution in [3.63, 3.8) is 0 Å². The number of allylic oxidation sites excluding steroid dienone is 2. The molecule has 2 N–H and O–H groups in total. The first-order chi connectivity index (χ1) is 14.0. The van der Waals surface area contributed by atoms with E-state index in [-0.39, 0.29) is 22.9 Å². The summed E-state index contributed by atoms with van der Waals surface area (Å²) in [7, 11) is 0. The molecule has 1 unspecified atom stereocenters. The highest BCUT2D eigenvalue weighted by atomic mass is 16.3. The highest BCUT2D eigenvalue weighted by molar-refractivity contribution is 6.00. The Hall–Kier alpha value is -0.670. The quantitative estimate of drug-likeness (QED) is 0.593. The molecule has 4 rings (SSSR count). The zero-order chi connectivity index (χ0) is 21.9. The Kier molecular flexibility index (Phi) is 5.80. The molecule has 0 amide bonds. The van der Waals surface area contributed by atoms with Gasteiger partial charge in [0.15, 0.2) is 5.78 Å². The second-order valence-corrected chi connectivity index (χ2v) is 12.3. The van der Waals surface area contributed by atoms with E-state index in [0.717, 1.165) is 37.2 Å². The van der Waals surface area contributed by atoms with Crippen LogP contribution in [0, 0.1) is 34.5 Å². The van der Waals surface area contributed by atoms with E-state index in [1.165, 1.54) is 24.8 Å². The number of hydrogen-bond donors (Lipinski definition) is 2. The van der Waals surface area contributed by atoms with Gasteiger partial charge < -0.3 is 10.2 Å². The van der Waals surface area contributed by atoms with Crippen molar-refractivity contribution in [2.75, 3.05) is 0 Å². The Morgan fingerprint density at radius 2 is 1.80 bits per heavy atom. The smallest absolute Gasteiger partial charge is 0.159 e. The minimum atomic E-state index is -0.681. The molecule has 4 aliphatic carbocycles. The van der Waals surface area contributed by atoms with Gasteiger partial charge >= 0.3 is 0 Å². The number of aliphatic hydroxyl groups excluding tert-OH is 1. The lowest BCUT2D eigenvalue weighted by Gasteiger charge is -2.60. The maximum Gasteiger partial charge on any atom is 0.159 e. The van der Waals surface area contributed by atoms with E-state index in [4.69, 9.17) is 0 Å². The van der Waals surface area contributed by atoms with Crippen LogP contribution in [0.1, 0.15) is 105 Å². The summed E-state index contributed by atoms with van der Waals surface area (Å²) in [4.78, 5) is 13.4. The van der Waals surface area contributed by atoms with Crippen molar-refractivity contribution in [2.45, 2.75) is 117 Å². The monoisotopic (exact) mass is 416 g/mol. The van der Waals surface area contributed by atoms with Crippen LogP contribution in [0.5, 0.6) is 0 Å². The predicted octanol–water partition coefficient (Wildman–Crippen LogP) is 5.83. The molecule has 0 aromatic rings. The van der Waals surface area contributed by atoms with E-state index in [1.807, 2.05) is 0 Å². The van der Waals surface area contributed by atoms with E-state index in [1.54, 1.807) is 0 Å². The van der Waals surface area contributed by atoms with Crippen LogP contribution in [-0.2, 0) is 4.79 Å². The van der Waals surface area contributed by atoms with Crippen LogP contribution in [0.3, 0.4) is 0 Å². The van der Waals surface area contributed by atoms with Gasteiger partial charge in [0.2, 0.25) is 0 Å². The van der Waals surface area contributed by atoms with Gasteiger partial charge in [-0.2, -0.15) is 0 Å². The Morgan fingerprint density at radius 1 is 1.07 bits per heavy atom. The van der Waals surface area contributed by atoms with Crippen LogP contribution in [0.2, 0.25) is 0 Å². The Morgan fingerprint density at radius 3 is 2.50 bits per heavy atom. The molecule has 3 saturated carbocycles. The molecular weight excluding hydrogens is 372 g/mol. The van der Waals surface area contributed by atoms with Crippen LogP contribution >= 0.6 is 0 Å². The van der Waals surface area contributed by atoms with Crippen LogP contribution in [0.4, 0.5) is 0 Å². The van der Waals surface area contributed by atoms with E-state index in [2.05, 4.69) is 34.6 Å². The molecule has 3 heteroatoms. The van der Waals surface area contributed by atoms with E-state index in [0.29, 0.717) is 43.3 Å². The zero-order valence-corrected chi connectivity index (χ0v) is 20.0. The maximum atomic E-state index is 13.4. The first kappa shape index (κ1) is 22.5. The molecule has 0 radical (unpaired) electrons. The van der Waals surface area contributed by atoms with Gasteiger partial charge in [-0.05, 0) is 74.0 Å². The Balaban J connectivity index is 1.64.